The van der Waals surface area contributed by atoms with E-state index in [4.69, 9.17) is 19.3 Å². The number of hydrogen-bond acceptors (Lipinski definition) is 8. The average molecular weight is 586 g/mol. The summed E-state index contributed by atoms with van der Waals surface area (Å²) in [6.45, 7) is 0.307. The summed E-state index contributed by atoms with van der Waals surface area (Å²) in [6.07, 6.45) is 0.941. The van der Waals surface area contributed by atoms with E-state index in [0.717, 1.165) is 45.1 Å². The van der Waals surface area contributed by atoms with Crippen molar-refractivity contribution < 1.29 is 22.6 Å². The minimum absolute atomic E-state index is 0.0460. The van der Waals surface area contributed by atoms with Gasteiger partial charge >= 0.3 is 0 Å². The Balaban J connectivity index is 1.67. The molecular formula is C31H31N5O5S. The van der Waals surface area contributed by atoms with E-state index in [1.807, 2.05) is 78.9 Å². The molecule has 1 heterocycles. The molecule has 0 saturated heterocycles. The molecule has 216 valence electrons. The second-order valence-electron chi connectivity index (χ2n) is 9.68. The summed E-state index contributed by atoms with van der Waals surface area (Å²) in [5.41, 5.74) is 4.93. The van der Waals surface area contributed by atoms with Gasteiger partial charge in [0.05, 0.1) is 32.8 Å². The van der Waals surface area contributed by atoms with E-state index in [9.17, 15) is 8.42 Å². The SMILES string of the molecule is COc1ccc(Cc2ccc(S(N)(=O)=O)c(-c3nnnn3Cc3ccc(OC)cc3)c2Cc2ccc(OC)cc2)cc1. The first kappa shape index (κ1) is 28.8. The molecule has 5 rings (SSSR count). The first-order valence-corrected chi connectivity index (χ1v) is 14.7. The predicted molar refractivity (Wildman–Crippen MR) is 158 cm³/mol. The summed E-state index contributed by atoms with van der Waals surface area (Å²) < 4.78 is 43.4. The van der Waals surface area contributed by atoms with Crippen LogP contribution in [0, 0.1) is 0 Å². The van der Waals surface area contributed by atoms with Gasteiger partial charge in [-0.25, -0.2) is 18.2 Å². The van der Waals surface area contributed by atoms with Crippen LogP contribution in [0.2, 0.25) is 0 Å². The first-order chi connectivity index (χ1) is 20.3. The summed E-state index contributed by atoms with van der Waals surface area (Å²) in [6, 6.07) is 26.2. The predicted octanol–water partition coefficient (Wildman–Crippen LogP) is 4.24. The van der Waals surface area contributed by atoms with E-state index >= 15 is 0 Å². The van der Waals surface area contributed by atoms with Crippen LogP contribution in [0.25, 0.3) is 11.4 Å². The van der Waals surface area contributed by atoms with Gasteiger partial charge in [0.25, 0.3) is 0 Å². The molecule has 11 heteroatoms. The van der Waals surface area contributed by atoms with Crippen molar-refractivity contribution in [3.8, 4) is 28.6 Å². The average Bonchev–Trinajstić information content (AvgIpc) is 3.46. The molecule has 0 spiro atoms. The quantitative estimate of drug-likeness (QED) is 0.244. The molecule has 0 bridgehead atoms. The zero-order valence-corrected chi connectivity index (χ0v) is 24.3. The molecule has 0 unspecified atom stereocenters. The fourth-order valence-corrected chi connectivity index (χ4v) is 5.58. The number of sulfonamides is 1. The zero-order chi connectivity index (χ0) is 29.7. The summed E-state index contributed by atoms with van der Waals surface area (Å²) in [7, 11) is 0.690. The molecule has 4 aromatic carbocycles. The number of nitrogens with zero attached hydrogens (tertiary/aromatic N) is 4. The summed E-state index contributed by atoms with van der Waals surface area (Å²) in [5, 5.41) is 18.2. The standard InChI is InChI=1S/C31H31N5O5S/c1-39-25-11-4-21(5-12-25)18-24-10-17-29(42(32,37)38)30(28(24)19-22-6-13-26(40-2)14-7-22)31-33-34-35-36(31)20-23-8-15-27(41-3)16-9-23/h4-17H,18-20H2,1-3H3,(H2,32,37,38). The van der Waals surface area contributed by atoms with Gasteiger partial charge in [0.15, 0.2) is 5.82 Å². The lowest BCUT2D eigenvalue weighted by Gasteiger charge is -2.19. The molecular weight excluding hydrogens is 554 g/mol. The number of methoxy groups -OCH3 is 3. The van der Waals surface area contributed by atoms with Crippen LogP contribution in [0.1, 0.15) is 27.8 Å². The van der Waals surface area contributed by atoms with Crippen molar-refractivity contribution in [1.82, 2.24) is 20.2 Å². The molecule has 0 aliphatic carbocycles. The molecule has 5 aromatic rings. The van der Waals surface area contributed by atoms with Crippen molar-refractivity contribution in [2.75, 3.05) is 21.3 Å². The van der Waals surface area contributed by atoms with Crippen molar-refractivity contribution in [1.29, 1.82) is 0 Å². The van der Waals surface area contributed by atoms with Crippen LogP contribution >= 0.6 is 0 Å². The Morgan fingerprint density at radius 3 is 1.69 bits per heavy atom. The third kappa shape index (κ3) is 6.42. The number of nitrogens with two attached hydrogens (primary N) is 1. The fourth-order valence-electron chi connectivity index (χ4n) is 4.82. The van der Waals surface area contributed by atoms with Gasteiger partial charge in [-0.2, -0.15) is 0 Å². The highest BCUT2D eigenvalue weighted by molar-refractivity contribution is 7.89. The topological polar surface area (TPSA) is 131 Å². The molecule has 2 N–H and O–H groups in total. The molecule has 0 atom stereocenters. The molecule has 0 fully saturated rings. The van der Waals surface area contributed by atoms with E-state index in [-0.39, 0.29) is 4.90 Å². The van der Waals surface area contributed by atoms with Crippen LogP contribution in [0.5, 0.6) is 17.2 Å². The number of aromatic nitrogens is 4. The van der Waals surface area contributed by atoms with E-state index in [0.29, 0.717) is 30.8 Å². The van der Waals surface area contributed by atoms with E-state index in [2.05, 4.69) is 15.5 Å². The van der Waals surface area contributed by atoms with Gasteiger partial charge in [-0.3, -0.25) is 0 Å². The Bertz CT molecular complexity index is 1770. The van der Waals surface area contributed by atoms with Crippen LogP contribution < -0.4 is 19.3 Å². The van der Waals surface area contributed by atoms with Gasteiger partial charge in [0, 0.05) is 5.56 Å². The summed E-state index contributed by atoms with van der Waals surface area (Å²) in [4.78, 5) is -0.0460. The Labute approximate surface area is 244 Å². The molecule has 0 amide bonds. The van der Waals surface area contributed by atoms with Crippen molar-refractivity contribution in [2.45, 2.75) is 24.3 Å². The van der Waals surface area contributed by atoms with Gasteiger partial charge in [0.1, 0.15) is 17.2 Å². The lowest BCUT2D eigenvalue weighted by molar-refractivity contribution is 0.414. The number of benzene rings is 4. The first-order valence-electron chi connectivity index (χ1n) is 13.1. The van der Waals surface area contributed by atoms with E-state index in [1.54, 1.807) is 26.0 Å². The van der Waals surface area contributed by atoms with Gasteiger partial charge in [0.2, 0.25) is 10.0 Å². The van der Waals surface area contributed by atoms with Crippen molar-refractivity contribution in [3.63, 3.8) is 0 Å². The Morgan fingerprint density at radius 1 is 0.690 bits per heavy atom. The number of rotatable bonds is 11. The molecule has 0 aliphatic rings. The number of ether oxygens (including phenoxy) is 3. The van der Waals surface area contributed by atoms with Crippen LogP contribution in [0.3, 0.4) is 0 Å². The van der Waals surface area contributed by atoms with Crippen molar-refractivity contribution >= 4 is 10.0 Å². The van der Waals surface area contributed by atoms with Gasteiger partial charge in [-0.1, -0.05) is 42.5 Å². The largest absolute Gasteiger partial charge is 0.497 e. The number of hydrogen-bond donors (Lipinski definition) is 1. The molecule has 42 heavy (non-hydrogen) atoms. The minimum Gasteiger partial charge on any atom is -0.497 e. The molecule has 0 aliphatic heterocycles. The number of tetrazole rings is 1. The highest BCUT2D eigenvalue weighted by Gasteiger charge is 2.26. The highest BCUT2D eigenvalue weighted by Crippen LogP contribution is 2.35. The second kappa shape index (κ2) is 12.4. The lowest BCUT2D eigenvalue weighted by atomic mass is 9.90. The maximum atomic E-state index is 13.0. The van der Waals surface area contributed by atoms with Crippen LogP contribution in [0.15, 0.2) is 89.8 Å². The Morgan fingerprint density at radius 2 is 1.19 bits per heavy atom. The van der Waals surface area contributed by atoms with Crippen LogP contribution in [-0.4, -0.2) is 50.0 Å². The Hall–Kier alpha value is -4.74. The smallest absolute Gasteiger partial charge is 0.238 e. The third-order valence-corrected chi connectivity index (χ3v) is 7.97. The fraction of sp³-hybridized carbons (Fsp3) is 0.194. The molecule has 0 radical (unpaired) electrons. The monoisotopic (exact) mass is 585 g/mol. The number of primary sulfonamides is 1. The van der Waals surface area contributed by atoms with Crippen LogP contribution in [0.4, 0.5) is 0 Å². The molecule has 1 aromatic heterocycles. The maximum Gasteiger partial charge on any atom is 0.238 e. The summed E-state index contributed by atoms with van der Waals surface area (Å²) >= 11 is 0. The highest BCUT2D eigenvalue weighted by atomic mass is 32.2. The van der Waals surface area contributed by atoms with E-state index in [1.165, 1.54) is 6.07 Å². The van der Waals surface area contributed by atoms with Crippen LogP contribution in [-0.2, 0) is 29.4 Å². The summed E-state index contributed by atoms with van der Waals surface area (Å²) in [5.74, 6) is 2.49. The lowest BCUT2D eigenvalue weighted by Crippen LogP contribution is -2.17. The van der Waals surface area contributed by atoms with Gasteiger partial charge in [-0.15, -0.1) is 5.10 Å². The minimum atomic E-state index is -4.14. The Kier molecular flexibility index (Phi) is 8.51. The van der Waals surface area contributed by atoms with Gasteiger partial charge in [-0.05, 0) is 93.6 Å². The zero-order valence-electron chi connectivity index (χ0n) is 23.5. The van der Waals surface area contributed by atoms with E-state index < -0.39 is 10.0 Å². The van der Waals surface area contributed by atoms with Gasteiger partial charge < -0.3 is 14.2 Å². The third-order valence-electron chi connectivity index (χ3n) is 7.02. The van der Waals surface area contributed by atoms with Crippen molar-refractivity contribution in [3.05, 3.63) is 113 Å². The molecule has 10 nitrogen and oxygen atoms in total. The van der Waals surface area contributed by atoms with Crippen molar-refractivity contribution in [2.24, 2.45) is 5.14 Å². The normalized spacial score (nSPS) is 11.3. The maximum absolute atomic E-state index is 13.0. The second-order valence-corrected chi connectivity index (χ2v) is 11.2. The molecule has 0 saturated carbocycles.